The highest BCUT2D eigenvalue weighted by Crippen LogP contribution is 2.27. The van der Waals surface area contributed by atoms with Crippen LogP contribution >= 0.6 is 0 Å². The molecule has 1 aromatic heterocycles. The van der Waals surface area contributed by atoms with Crippen molar-refractivity contribution in [3.05, 3.63) is 66.4 Å². The van der Waals surface area contributed by atoms with E-state index in [4.69, 9.17) is 9.47 Å². The minimum absolute atomic E-state index is 0.0372. The van der Waals surface area contributed by atoms with Crippen molar-refractivity contribution in [2.24, 2.45) is 0 Å². The molecule has 1 heterocycles. The van der Waals surface area contributed by atoms with Gasteiger partial charge in [-0.25, -0.2) is 4.98 Å². The van der Waals surface area contributed by atoms with Gasteiger partial charge in [0.05, 0.1) is 7.11 Å². The molecular formula is C22H23N3O3. The number of nitrogens with zero attached hydrogens (tertiary/aromatic N) is 2. The minimum Gasteiger partial charge on any atom is -0.497 e. The number of carbonyl (C=O) groups is 1. The van der Waals surface area contributed by atoms with Crippen LogP contribution in [0, 0.1) is 0 Å². The van der Waals surface area contributed by atoms with Gasteiger partial charge < -0.3 is 14.8 Å². The molecule has 0 bridgehead atoms. The average molecular weight is 377 g/mol. The molecule has 2 aromatic carbocycles. The molecule has 1 unspecified atom stereocenters. The van der Waals surface area contributed by atoms with E-state index >= 15 is 0 Å². The molecule has 0 saturated heterocycles. The smallest absolute Gasteiger partial charge is 0.258 e. The third kappa shape index (κ3) is 4.65. The first kappa shape index (κ1) is 19.4. The van der Waals surface area contributed by atoms with E-state index in [1.165, 1.54) is 6.20 Å². The first-order valence-electron chi connectivity index (χ1n) is 9.16. The van der Waals surface area contributed by atoms with Gasteiger partial charge in [0.25, 0.3) is 5.91 Å². The summed E-state index contributed by atoms with van der Waals surface area (Å²) < 4.78 is 11.1. The largest absolute Gasteiger partial charge is 0.497 e. The van der Waals surface area contributed by atoms with Crippen LogP contribution in [-0.2, 0) is 0 Å². The standard InChI is InChI=1S/C22H23N3O3/c1-4-15(2)24-21(26)19-14-23-20(16-8-6-5-7-9-16)25-22(19)28-18-12-10-17(27-3)11-13-18/h5-15H,4H2,1-3H3,(H,24,26). The van der Waals surface area contributed by atoms with Crippen molar-refractivity contribution >= 4 is 5.91 Å². The summed E-state index contributed by atoms with van der Waals surface area (Å²) in [7, 11) is 1.60. The summed E-state index contributed by atoms with van der Waals surface area (Å²) in [6.07, 6.45) is 2.33. The third-order valence-electron chi connectivity index (χ3n) is 4.29. The summed E-state index contributed by atoms with van der Waals surface area (Å²) in [5.74, 6) is 1.70. The lowest BCUT2D eigenvalue weighted by Crippen LogP contribution is -2.32. The van der Waals surface area contributed by atoms with Crippen molar-refractivity contribution in [3.63, 3.8) is 0 Å². The second-order valence-corrected chi connectivity index (χ2v) is 6.34. The molecule has 0 aliphatic carbocycles. The Morgan fingerprint density at radius 3 is 2.39 bits per heavy atom. The second kappa shape index (κ2) is 8.99. The van der Waals surface area contributed by atoms with Gasteiger partial charge in [0, 0.05) is 17.8 Å². The summed E-state index contributed by atoms with van der Waals surface area (Å²) in [6, 6.07) is 16.7. The zero-order valence-corrected chi connectivity index (χ0v) is 16.2. The Bertz CT molecular complexity index is 928. The molecule has 0 saturated carbocycles. The number of hydrogen-bond donors (Lipinski definition) is 1. The van der Waals surface area contributed by atoms with Crippen LogP contribution in [0.15, 0.2) is 60.8 Å². The molecule has 0 radical (unpaired) electrons. The summed E-state index contributed by atoms with van der Waals surface area (Å²) >= 11 is 0. The van der Waals surface area contributed by atoms with Crippen LogP contribution in [0.2, 0.25) is 0 Å². The van der Waals surface area contributed by atoms with E-state index < -0.39 is 0 Å². The zero-order chi connectivity index (χ0) is 19.9. The van der Waals surface area contributed by atoms with E-state index in [9.17, 15) is 4.79 Å². The van der Waals surface area contributed by atoms with Gasteiger partial charge in [-0.15, -0.1) is 0 Å². The number of amides is 1. The van der Waals surface area contributed by atoms with Crippen LogP contribution in [0.5, 0.6) is 17.4 Å². The molecule has 3 aromatic rings. The fourth-order valence-electron chi connectivity index (χ4n) is 2.49. The van der Waals surface area contributed by atoms with E-state index in [1.807, 2.05) is 44.2 Å². The van der Waals surface area contributed by atoms with Gasteiger partial charge >= 0.3 is 0 Å². The molecule has 1 N–H and O–H groups in total. The summed E-state index contributed by atoms with van der Waals surface area (Å²) in [5, 5.41) is 2.93. The molecule has 6 heteroatoms. The predicted molar refractivity (Wildman–Crippen MR) is 108 cm³/mol. The van der Waals surface area contributed by atoms with E-state index in [0.717, 1.165) is 17.7 Å². The van der Waals surface area contributed by atoms with Crippen LogP contribution in [0.3, 0.4) is 0 Å². The number of carbonyl (C=O) groups excluding carboxylic acids is 1. The lowest BCUT2D eigenvalue weighted by molar-refractivity contribution is 0.0936. The van der Waals surface area contributed by atoms with Crippen molar-refractivity contribution in [1.82, 2.24) is 15.3 Å². The molecule has 144 valence electrons. The van der Waals surface area contributed by atoms with Crippen LogP contribution in [-0.4, -0.2) is 29.0 Å². The monoisotopic (exact) mass is 377 g/mol. The highest BCUT2D eigenvalue weighted by Gasteiger charge is 2.19. The van der Waals surface area contributed by atoms with Gasteiger partial charge in [0.1, 0.15) is 17.1 Å². The predicted octanol–water partition coefficient (Wildman–Crippen LogP) is 4.47. The first-order valence-corrected chi connectivity index (χ1v) is 9.16. The number of methoxy groups -OCH3 is 1. The second-order valence-electron chi connectivity index (χ2n) is 6.34. The number of hydrogen-bond acceptors (Lipinski definition) is 5. The van der Waals surface area contributed by atoms with Gasteiger partial charge in [-0.05, 0) is 37.6 Å². The molecule has 0 fully saturated rings. The topological polar surface area (TPSA) is 73.3 Å². The SMILES string of the molecule is CCC(C)NC(=O)c1cnc(-c2ccccc2)nc1Oc1ccc(OC)cc1. The molecule has 1 atom stereocenters. The van der Waals surface area contributed by atoms with Crippen LogP contribution in [0.25, 0.3) is 11.4 Å². The quantitative estimate of drug-likeness (QED) is 0.657. The number of benzene rings is 2. The van der Waals surface area contributed by atoms with Crippen LogP contribution in [0.4, 0.5) is 0 Å². The highest BCUT2D eigenvalue weighted by molar-refractivity contribution is 5.96. The third-order valence-corrected chi connectivity index (χ3v) is 4.29. The maximum atomic E-state index is 12.7. The number of rotatable bonds is 7. The Labute approximate surface area is 164 Å². The molecule has 0 aliphatic rings. The lowest BCUT2D eigenvalue weighted by Gasteiger charge is -2.14. The minimum atomic E-state index is -0.266. The van der Waals surface area contributed by atoms with E-state index in [2.05, 4.69) is 15.3 Å². The maximum absolute atomic E-state index is 12.7. The van der Waals surface area contributed by atoms with Gasteiger partial charge in [-0.3, -0.25) is 4.79 Å². The molecule has 3 rings (SSSR count). The van der Waals surface area contributed by atoms with Crippen LogP contribution in [0.1, 0.15) is 30.6 Å². The van der Waals surface area contributed by atoms with Crippen molar-refractivity contribution in [2.45, 2.75) is 26.3 Å². The van der Waals surface area contributed by atoms with Crippen LogP contribution < -0.4 is 14.8 Å². The molecule has 1 amide bonds. The zero-order valence-electron chi connectivity index (χ0n) is 16.2. The van der Waals surface area contributed by atoms with E-state index in [0.29, 0.717) is 11.6 Å². The fraction of sp³-hybridized carbons (Fsp3) is 0.227. The average Bonchev–Trinajstić information content (AvgIpc) is 2.74. The lowest BCUT2D eigenvalue weighted by atomic mass is 10.2. The van der Waals surface area contributed by atoms with Crippen molar-refractivity contribution in [3.8, 4) is 28.8 Å². The summed E-state index contributed by atoms with van der Waals surface area (Å²) in [5.41, 5.74) is 1.13. The maximum Gasteiger partial charge on any atom is 0.258 e. The van der Waals surface area contributed by atoms with Gasteiger partial charge in [-0.1, -0.05) is 37.3 Å². The van der Waals surface area contributed by atoms with Crippen molar-refractivity contribution < 1.29 is 14.3 Å². The van der Waals surface area contributed by atoms with Crippen molar-refractivity contribution in [2.75, 3.05) is 7.11 Å². The Kier molecular flexibility index (Phi) is 6.22. The molecular weight excluding hydrogens is 354 g/mol. The Hall–Kier alpha value is -3.41. The number of ether oxygens (including phenoxy) is 2. The molecule has 6 nitrogen and oxygen atoms in total. The van der Waals surface area contributed by atoms with Gasteiger partial charge in [0.2, 0.25) is 5.88 Å². The normalized spacial score (nSPS) is 11.5. The Balaban J connectivity index is 1.97. The fourth-order valence-corrected chi connectivity index (χ4v) is 2.49. The van der Waals surface area contributed by atoms with Gasteiger partial charge in [-0.2, -0.15) is 4.98 Å². The van der Waals surface area contributed by atoms with E-state index in [-0.39, 0.29) is 23.4 Å². The Morgan fingerprint density at radius 2 is 1.75 bits per heavy atom. The molecule has 0 spiro atoms. The Morgan fingerprint density at radius 1 is 1.07 bits per heavy atom. The summed E-state index contributed by atoms with van der Waals surface area (Å²) in [4.78, 5) is 21.6. The van der Waals surface area contributed by atoms with E-state index in [1.54, 1.807) is 31.4 Å². The highest BCUT2D eigenvalue weighted by atomic mass is 16.5. The first-order chi connectivity index (χ1) is 13.6. The van der Waals surface area contributed by atoms with Gasteiger partial charge in [0.15, 0.2) is 5.82 Å². The van der Waals surface area contributed by atoms with Crippen molar-refractivity contribution in [1.29, 1.82) is 0 Å². The summed E-state index contributed by atoms with van der Waals surface area (Å²) in [6.45, 7) is 3.95. The number of aromatic nitrogens is 2. The number of nitrogens with one attached hydrogen (secondary N) is 1. The molecule has 0 aliphatic heterocycles. The molecule has 28 heavy (non-hydrogen) atoms.